The number of amides is 1. The van der Waals surface area contributed by atoms with Gasteiger partial charge in [-0.3, -0.25) is 9.89 Å². The summed E-state index contributed by atoms with van der Waals surface area (Å²) in [6.45, 7) is 3.70. The SMILES string of the molecule is Cc1n[nH]c(C)c1NC(=O)c1ccc2ccccc2n1. The molecule has 0 spiro atoms. The number of hydrogen-bond acceptors (Lipinski definition) is 3. The van der Waals surface area contributed by atoms with Crippen LogP contribution < -0.4 is 5.32 Å². The monoisotopic (exact) mass is 266 g/mol. The molecule has 2 N–H and O–H groups in total. The molecule has 0 saturated heterocycles. The van der Waals surface area contributed by atoms with E-state index in [1.807, 2.05) is 44.2 Å². The number of pyridine rings is 1. The second kappa shape index (κ2) is 4.77. The van der Waals surface area contributed by atoms with Crippen LogP contribution in [0.2, 0.25) is 0 Å². The Kier molecular flexibility index (Phi) is 2.95. The van der Waals surface area contributed by atoms with Gasteiger partial charge in [0.1, 0.15) is 5.69 Å². The number of anilines is 1. The fraction of sp³-hybridized carbons (Fsp3) is 0.133. The number of nitrogens with one attached hydrogen (secondary N) is 2. The molecule has 3 rings (SSSR count). The van der Waals surface area contributed by atoms with E-state index in [0.29, 0.717) is 11.4 Å². The average molecular weight is 266 g/mol. The van der Waals surface area contributed by atoms with Crippen molar-refractivity contribution >= 4 is 22.5 Å². The van der Waals surface area contributed by atoms with Crippen molar-refractivity contribution < 1.29 is 4.79 Å². The number of carbonyl (C=O) groups excluding carboxylic acids is 1. The third-order valence-electron chi connectivity index (χ3n) is 3.20. The zero-order valence-corrected chi connectivity index (χ0v) is 11.3. The number of aromatic amines is 1. The van der Waals surface area contributed by atoms with Crippen molar-refractivity contribution in [2.75, 3.05) is 5.32 Å². The molecule has 1 aromatic carbocycles. The minimum Gasteiger partial charge on any atom is -0.317 e. The van der Waals surface area contributed by atoms with Crippen LogP contribution in [0, 0.1) is 13.8 Å². The Morgan fingerprint density at radius 2 is 1.95 bits per heavy atom. The van der Waals surface area contributed by atoms with Crippen molar-refractivity contribution in [1.29, 1.82) is 0 Å². The van der Waals surface area contributed by atoms with E-state index in [1.54, 1.807) is 6.07 Å². The molecular weight excluding hydrogens is 252 g/mol. The first-order chi connectivity index (χ1) is 9.65. The highest BCUT2D eigenvalue weighted by molar-refractivity contribution is 6.04. The van der Waals surface area contributed by atoms with Gasteiger partial charge in [-0.15, -0.1) is 0 Å². The van der Waals surface area contributed by atoms with E-state index in [4.69, 9.17) is 0 Å². The summed E-state index contributed by atoms with van der Waals surface area (Å²) in [5.74, 6) is -0.233. The first-order valence-electron chi connectivity index (χ1n) is 6.34. The number of carbonyl (C=O) groups is 1. The summed E-state index contributed by atoms with van der Waals surface area (Å²) < 4.78 is 0. The topological polar surface area (TPSA) is 70.7 Å². The highest BCUT2D eigenvalue weighted by Crippen LogP contribution is 2.18. The van der Waals surface area contributed by atoms with Crippen LogP contribution in [0.15, 0.2) is 36.4 Å². The number of aromatic nitrogens is 3. The molecule has 5 heteroatoms. The van der Waals surface area contributed by atoms with Gasteiger partial charge in [0.05, 0.1) is 22.6 Å². The Bertz CT molecular complexity index is 772. The van der Waals surface area contributed by atoms with Crippen molar-refractivity contribution in [3.8, 4) is 0 Å². The third-order valence-corrected chi connectivity index (χ3v) is 3.20. The molecule has 0 aliphatic rings. The highest BCUT2D eigenvalue weighted by Gasteiger charge is 2.13. The standard InChI is InChI=1S/C15H14N4O/c1-9-14(10(2)19-18-9)17-15(20)13-8-7-11-5-3-4-6-12(11)16-13/h3-8H,1-2H3,(H,17,20)(H,18,19). The Morgan fingerprint density at radius 3 is 2.70 bits per heavy atom. The summed E-state index contributed by atoms with van der Waals surface area (Å²) in [4.78, 5) is 16.6. The van der Waals surface area contributed by atoms with Crippen LogP contribution in [0.3, 0.4) is 0 Å². The van der Waals surface area contributed by atoms with Gasteiger partial charge in [-0.1, -0.05) is 24.3 Å². The predicted molar refractivity (Wildman–Crippen MR) is 77.8 cm³/mol. The second-order valence-electron chi connectivity index (χ2n) is 4.65. The number of hydrogen-bond donors (Lipinski definition) is 2. The van der Waals surface area contributed by atoms with Crippen LogP contribution in [0.4, 0.5) is 5.69 Å². The summed E-state index contributed by atoms with van der Waals surface area (Å²) in [6.07, 6.45) is 0. The Labute approximate surface area is 116 Å². The van der Waals surface area contributed by atoms with Crippen molar-refractivity contribution in [3.05, 3.63) is 53.5 Å². The molecule has 5 nitrogen and oxygen atoms in total. The van der Waals surface area contributed by atoms with Gasteiger partial charge in [0.2, 0.25) is 0 Å². The van der Waals surface area contributed by atoms with Crippen LogP contribution in [0.5, 0.6) is 0 Å². The molecule has 2 heterocycles. The van der Waals surface area contributed by atoms with E-state index in [1.165, 1.54) is 0 Å². The number of nitrogens with zero attached hydrogens (tertiary/aromatic N) is 2. The molecule has 0 aliphatic heterocycles. The maximum absolute atomic E-state index is 12.2. The summed E-state index contributed by atoms with van der Waals surface area (Å²) in [6, 6.07) is 11.3. The number of aryl methyl sites for hydroxylation is 2. The zero-order chi connectivity index (χ0) is 14.1. The third kappa shape index (κ3) is 2.14. The maximum Gasteiger partial charge on any atom is 0.274 e. The van der Waals surface area contributed by atoms with Crippen LogP contribution in [0.25, 0.3) is 10.9 Å². The molecule has 20 heavy (non-hydrogen) atoms. The van der Waals surface area contributed by atoms with Gasteiger partial charge < -0.3 is 5.32 Å². The van der Waals surface area contributed by atoms with Gasteiger partial charge >= 0.3 is 0 Å². The number of benzene rings is 1. The summed E-state index contributed by atoms with van der Waals surface area (Å²) in [5.41, 5.74) is 3.50. The molecule has 100 valence electrons. The van der Waals surface area contributed by atoms with Crippen molar-refractivity contribution in [1.82, 2.24) is 15.2 Å². The van der Waals surface area contributed by atoms with Crippen LogP contribution in [-0.4, -0.2) is 21.1 Å². The molecule has 0 unspecified atom stereocenters. The smallest absolute Gasteiger partial charge is 0.274 e. The molecule has 0 atom stereocenters. The van der Waals surface area contributed by atoms with Crippen molar-refractivity contribution in [3.63, 3.8) is 0 Å². The summed E-state index contributed by atoms with van der Waals surface area (Å²) in [7, 11) is 0. The maximum atomic E-state index is 12.2. The normalized spacial score (nSPS) is 10.7. The second-order valence-corrected chi connectivity index (χ2v) is 4.65. The molecular formula is C15H14N4O. The minimum absolute atomic E-state index is 0.233. The van der Waals surface area contributed by atoms with Crippen LogP contribution in [0.1, 0.15) is 21.9 Å². The Hall–Kier alpha value is -2.69. The highest BCUT2D eigenvalue weighted by atomic mass is 16.1. The molecule has 3 aromatic rings. The van der Waals surface area contributed by atoms with Gasteiger partial charge in [0.15, 0.2) is 0 Å². The van der Waals surface area contributed by atoms with Crippen LogP contribution in [-0.2, 0) is 0 Å². The van der Waals surface area contributed by atoms with Gasteiger partial charge in [-0.25, -0.2) is 4.98 Å². The molecule has 0 radical (unpaired) electrons. The largest absolute Gasteiger partial charge is 0.317 e. The van der Waals surface area contributed by atoms with E-state index < -0.39 is 0 Å². The molecule has 1 amide bonds. The van der Waals surface area contributed by atoms with Crippen molar-refractivity contribution in [2.24, 2.45) is 0 Å². The average Bonchev–Trinajstić information content (AvgIpc) is 2.78. The lowest BCUT2D eigenvalue weighted by Gasteiger charge is -2.05. The van der Waals surface area contributed by atoms with E-state index >= 15 is 0 Å². The number of H-pyrrole nitrogens is 1. The first-order valence-corrected chi connectivity index (χ1v) is 6.34. The van der Waals surface area contributed by atoms with Crippen molar-refractivity contribution in [2.45, 2.75) is 13.8 Å². The molecule has 2 aromatic heterocycles. The zero-order valence-electron chi connectivity index (χ0n) is 11.3. The first kappa shape index (κ1) is 12.3. The number of rotatable bonds is 2. The molecule has 0 fully saturated rings. The number of fused-ring (bicyclic) bond motifs is 1. The fourth-order valence-electron chi connectivity index (χ4n) is 2.11. The fourth-order valence-corrected chi connectivity index (χ4v) is 2.11. The Morgan fingerprint density at radius 1 is 1.15 bits per heavy atom. The van der Waals surface area contributed by atoms with E-state index in [-0.39, 0.29) is 5.91 Å². The molecule has 0 bridgehead atoms. The quantitative estimate of drug-likeness (QED) is 0.749. The summed E-state index contributed by atoms with van der Waals surface area (Å²) >= 11 is 0. The van der Waals surface area contributed by atoms with Gasteiger partial charge in [-0.05, 0) is 26.0 Å². The Balaban J connectivity index is 1.93. The van der Waals surface area contributed by atoms with Gasteiger partial charge in [0.25, 0.3) is 5.91 Å². The molecule has 0 aliphatic carbocycles. The van der Waals surface area contributed by atoms with Crippen LogP contribution >= 0.6 is 0 Å². The van der Waals surface area contributed by atoms with Gasteiger partial charge in [-0.2, -0.15) is 5.10 Å². The lowest BCUT2D eigenvalue weighted by molar-refractivity contribution is 0.102. The van der Waals surface area contributed by atoms with E-state index in [9.17, 15) is 4.79 Å². The minimum atomic E-state index is -0.233. The number of para-hydroxylation sites is 1. The van der Waals surface area contributed by atoms with E-state index in [0.717, 1.165) is 22.3 Å². The molecule has 0 saturated carbocycles. The van der Waals surface area contributed by atoms with E-state index in [2.05, 4.69) is 20.5 Å². The summed E-state index contributed by atoms with van der Waals surface area (Å²) in [5, 5.41) is 10.7. The lowest BCUT2D eigenvalue weighted by Crippen LogP contribution is -2.14. The predicted octanol–water partition coefficient (Wildman–Crippen LogP) is 2.83. The lowest BCUT2D eigenvalue weighted by atomic mass is 10.2. The van der Waals surface area contributed by atoms with Gasteiger partial charge in [0, 0.05) is 5.39 Å².